The van der Waals surface area contributed by atoms with Gasteiger partial charge in [-0.3, -0.25) is 14.4 Å². The first-order valence-electron chi connectivity index (χ1n) is 14.7. The van der Waals surface area contributed by atoms with E-state index in [0.29, 0.717) is 44.2 Å². The van der Waals surface area contributed by atoms with Crippen molar-refractivity contribution in [2.75, 3.05) is 13.7 Å². The molecule has 39 heavy (non-hydrogen) atoms. The number of carboxylic acids is 1. The van der Waals surface area contributed by atoms with Crippen molar-refractivity contribution in [2.24, 2.45) is 34.5 Å². The van der Waals surface area contributed by atoms with E-state index in [1.807, 2.05) is 0 Å². The van der Waals surface area contributed by atoms with E-state index in [0.717, 1.165) is 32.1 Å². The predicted molar refractivity (Wildman–Crippen MR) is 145 cm³/mol. The number of aliphatic carboxylic acids is 1. The first kappa shape index (κ1) is 27.9. The molecule has 2 amide bonds. The number of ether oxygens (including phenoxy) is 1. The first-order chi connectivity index (χ1) is 18.5. The summed E-state index contributed by atoms with van der Waals surface area (Å²) < 4.78 is 20.5. The van der Waals surface area contributed by atoms with Gasteiger partial charge in [-0.15, -0.1) is 0 Å². The molecular weight excluding hydrogens is 499 g/mol. The first-order valence-corrected chi connectivity index (χ1v) is 14.7. The van der Waals surface area contributed by atoms with Gasteiger partial charge in [0.1, 0.15) is 11.6 Å². The van der Waals surface area contributed by atoms with Crippen molar-refractivity contribution in [3.8, 4) is 5.75 Å². The molecule has 0 spiro atoms. The number of rotatable bonds is 9. The van der Waals surface area contributed by atoms with E-state index < -0.39 is 17.2 Å². The van der Waals surface area contributed by atoms with Gasteiger partial charge in [0.05, 0.1) is 24.0 Å². The third kappa shape index (κ3) is 5.53. The minimum Gasteiger partial charge on any atom is -0.496 e. The molecule has 0 unspecified atom stereocenters. The van der Waals surface area contributed by atoms with Crippen molar-refractivity contribution in [3.63, 3.8) is 0 Å². The molecule has 0 heterocycles. The number of nitrogens with one attached hydrogen (secondary N) is 2. The van der Waals surface area contributed by atoms with Gasteiger partial charge in [0.25, 0.3) is 5.91 Å². The van der Waals surface area contributed by atoms with Crippen LogP contribution in [-0.4, -0.2) is 42.6 Å². The van der Waals surface area contributed by atoms with Crippen LogP contribution < -0.4 is 15.4 Å². The van der Waals surface area contributed by atoms with E-state index in [2.05, 4.69) is 17.6 Å². The summed E-state index contributed by atoms with van der Waals surface area (Å²) in [5.74, 6) is -0.849. The fourth-order valence-electron chi connectivity index (χ4n) is 7.63. The third-order valence-corrected chi connectivity index (χ3v) is 10.6. The average Bonchev–Trinajstić information content (AvgIpc) is 3.50. The summed E-state index contributed by atoms with van der Waals surface area (Å²) in [7, 11) is 1.42. The van der Waals surface area contributed by atoms with Gasteiger partial charge in [-0.05, 0) is 106 Å². The lowest BCUT2D eigenvalue weighted by Crippen LogP contribution is -2.51. The second-order valence-corrected chi connectivity index (χ2v) is 13.4. The van der Waals surface area contributed by atoms with E-state index in [4.69, 9.17) is 4.74 Å². The lowest BCUT2D eigenvalue weighted by molar-refractivity contribution is -0.150. The molecule has 5 rings (SSSR count). The predicted octanol–water partition coefficient (Wildman–Crippen LogP) is 5.11. The Labute approximate surface area is 230 Å². The smallest absolute Gasteiger partial charge is 0.309 e. The molecule has 0 radical (unpaired) electrons. The molecule has 8 heteroatoms. The van der Waals surface area contributed by atoms with E-state index in [1.54, 1.807) is 13.0 Å². The summed E-state index contributed by atoms with van der Waals surface area (Å²) in [5.41, 5.74) is 0.193. The lowest BCUT2D eigenvalue weighted by atomic mass is 9.70. The topological polar surface area (TPSA) is 105 Å². The van der Waals surface area contributed by atoms with Crippen LogP contribution in [-0.2, 0) is 16.0 Å². The summed E-state index contributed by atoms with van der Waals surface area (Å²) in [6.45, 7) is 4.68. The molecule has 4 saturated carbocycles. The molecule has 0 aliphatic heterocycles. The van der Waals surface area contributed by atoms with E-state index in [-0.39, 0.29) is 58.3 Å². The maximum Gasteiger partial charge on any atom is 0.309 e. The highest BCUT2D eigenvalue weighted by molar-refractivity contribution is 5.98. The second-order valence-electron chi connectivity index (χ2n) is 13.4. The zero-order valence-corrected chi connectivity index (χ0v) is 23.5. The van der Waals surface area contributed by atoms with E-state index in [1.165, 1.54) is 19.6 Å². The zero-order chi connectivity index (χ0) is 27.9. The number of carboxylic acid groups (broad SMARTS) is 1. The number of hydrogen-bond acceptors (Lipinski definition) is 4. The van der Waals surface area contributed by atoms with Gasteiger partial charge >= 0.3 is 5.97 Å². The van der Waals surface area contributed by atoms with Crippen LogP contribution in [0, 0.1) is 40.3 Å². The Hall–Kier alpha value is -2.64. The fraction of sp³-hybridized carbons (Fsp3) is 0.710. The van der Waals surface area contributed by atoms with Crippen LogP contribution in [0.2, 0.25) is 0 Å². The third-order valence-electron chi connectivity index (χ3n) is 10.6. The Morgan fingerprint density at radius 3 is 2.36 bits per heavy atom. The summed E-state index contributed by atoms with van der Waals surface area (Å²) in [6.07, 6.45) is 9.42. The van der Waals surface area contributed by atoms with Crippen molar-refractivity contribution in [3.05, 3.63) is 29.1 Å². The largest absolute Gasteiger partial charge is 0.496 e. The maximum atomic E-state index is 15.1. The van der Waals surface area contributed by atoms with E-state index >= 15 is 4.39 Å². The Bertz CT molecular complexity index is 1120. The highest BCUT2D eigenvalue weighted by Gasteiger charge is 2.51. The lowest BCUT2D eigenvalue weighted by Gasteiger charge is -2.39. The summed E-state index contributed by atoms with van der Waals surface area (Å²) in [4.78, 5) is 38.5. The van der Waals surface area contributed by atoms with Crippen LogP contribution in [0.15, 0.2) is 12.1 Å². The number of hydrogen-bond donors (Lipinski definition) is 3. The molecule has 3 N–H and O–H groups in total. The highest BCUT2D eigenvalue weighted by atomic mass is 19.1. The summed E-state index contributed by atoms with van der Waals surface area (Å²) in [6, 6.07) is 2.63. The van der Waals surface area contributed by atoms with Crippen LogP contribution in [0.1, 0.15) is 94.0 Å². The number of halogens is 1. The quantitative estimate of drug-likeness (QED) is 0.402. The fourth-order valence-corrected chi connectivity index (χ4v) is 7.63. The molecule has 0 saturated heterocycles. The molecule has 214 valence electrons. The number of carbonyl (C=O) groups excluding carboxylic acids is 2. The SMILES string of the molecule is COc1cc(F)c(C[C@H]2CC[C@@](C)(C(=O)O)CC2)cc1C(=O)N[C@@H]1[C@H]2CC[C@H](C2)[C@@H]1C(=O)NCC1(C)CCC1. The molecular formula is C31H43FN2O5. The summed E-state index contributed by atoms with van der Waals surface area (Å²) in [5, 5.41) is 15.9. The molecule has 7 nitrogen and oxygen atoms in total. The van der Waals surface area contributed by atoms with Crippen molar-refractivity contribution in [1.29, 1.82) is 0 Å². The van der Waals surface area contributed by atoms with Crippen LogP contribution in [0.5, 0.6) is 5.75 Å². The van der Waals surface area contributed by atoms with Crippen LogP contribution in [0.25, 0.3) is 0 Å². The van der Waals surface area contributed by atoms with Gasteiger partial charge in [0.2, 0.25) is 5.91 Å². The van der Waals surface area contributed by atoms with Gasteiger partial charge in [0, 0.05) is 18.7 Å². The van der Waals surface area contributed by atoms with Crippen molar-refractivity contribution >= 4 is 17.8 Å². The Morgan fingerprint density at radius 1 is 1.05 bits per heavy atom. The van der Waals surface area contributed by atoms with Gasteiger partial charge in [0.15, 0.2) is 0 Å². The van der Waals surface area contributed by atoms with Crippen molar-refractivity contribution < 1.29 is 28.6 Å². The van der Waals surface area contributed by atoms with Gasteiger partial charge in [-0.2, -0.15) is 0 Å². The molecule has 0 aromatic heterocycles. The Kier molecular flexibility index (Phi) is 7.68. The molecule has 2 bridgehead atoms. The Balaban J connectivity index is 1.28. The minimum absolute atomic E-state index is 0.0399. The molecule has 1 aromatic rings. The van der Waals surface area contributed by atoms with Crippen LogP contribution >= 0.6 is 0 Å². The highest BCUT2D eigenvalue weighted by Crippen LogP contribution is 2.49. The summed E-state index contributed by atoms with van der Waals surface area (Å²) >= 11 is 0. The standard InChI is InChI=1S/C31H43FN2O5/c1-30(9-4-10-30)17-33-28(36)25-19-5-6-20(14-19)26(25)34-27(35)22-15-21(23(32)16-24(22)39-3)13-18-7-11-31(2,12-8-18)29(37)38/h15-16,18-20,25-26H,4-14,17H2,1-3H3,(H,33,36)(H,34,35)(H,37,38)/t18-,19-,20+,25+,26-,31+/m1/s1. The molecule has 4 fully saturated rings. The van der Waals surface area contributed by atoms with E-state index in [9.17, 15) is 19.5 Å². The number of carbonyl (C=O) groups is 3. The van der Waals surface area contributed by atoms with Crippen LogP contribution in [0.3, 0.4) is 0 Å². The van der Waals surface area contributed by atoms with Crippen molar-refractivity contribution in [1.82, 2.24) is 10.6 Å². The van der Waals surface area contributed by atoms with Crippen molar-refractivity contribution in [2.45, 2.75) is 90.5 Å². The number of fused-ring (bicyclic) bond motifs is 2. The maximum absolute atomic E-state index is 15.1. The Morgan fingerprint density at radius 2 is 1.74 bits per heavy atom. The average molecular weight is 543 g/mol. The number of amides is 2. The minimum atomic E-state index is -0.777. The molecule has 4 atom stereocenters. The number of benzene rings is 1. The second kappa shape index (κ2) is 10.7. The zero-order valence-electron chi connectivity index (χ0n) is 23.5. The molecule has 4 aliphatic rings. The van der Waals surface area contributed by atoms with Crippen LogP contribution in [0.4, 0.5) is 4.39 Å². The monoisotopic (exact) mass is 542 g/mol. The molecule has 1 aromatic carbocycles. The normalized spacial score (nSPS) is 32.8. The molecule has 4 aliphatic carbocycles. The van der Waals surface area contributed by atoms with Gasteiger partial charge < -0.3 is 20.5 Å². The van der Waals surface area contributed by atoms with Gasteiger partial charge in [-0.25, -0.2) is 4.39 Å². The van der Waals surface area contributed by atoms with Gasteiger partial charge in [-0.1, -0.05) is 13.3 Å². The number of methoxy groups -OCH3 is 1.